The molecule has 0 saturated carbocycles. The molecule has 12 nitrogen and oxygen atoms in total. The van der Waals surface area contributed by atoms with Crippen LogP contribution in [-0.2, 0) is 20.2 Å². The van der Waals surface area contributed by atoms with E-state index < -0.39 is 36.7 Å². The number of nitro benzene ring substituents is 1. The van der Waals surface area contributed by atoms with Gasteiger partial charge in [0.25, 0.3) is 5.69 Å². The number of anilines is 1. The number of rotatable bonds is 16. The summed E-state index contributed by atoms with van der Waals surface area (Å²) in [5, 5.41) is 10.6. The molecule has 248 valence electrons. The fraction of sp³-hybridized carbons (Fsp3) is 0.786. The third-order valence-corrected chi connectivity index (χ3v) is 8.43. The molecular formula is C28H56N4O8S2. The molecule has 0 bridgehead atoms. The number of nitro groups is 1. The van der Waals surface area contributed by atoms with Crippen LogP contribution in [0, 0.1) is 10.1 Å². The Labute approximate surface area is 255 Å². The molecule has 0 unspecified atom stereocenters. The predicted molar refractivity (Wildman–Crippen MR) is 167 cm³/mol. The fourth-order valence-electron chi connectivity index (χ4n) is 4.99. The van der Waals surface area contributed by atoms with Gasteiger partial charge in [-0.25, -0.2) is 16.8 Å². The molecule has 14 heteroatoms. The Hall–Kier alpha value is -1.84. The Morgan fingerprint density at radius 2 is 1.00 bits per heavy atom. The first kappa shape index (κ1) is 42.3. The molecule has 0 radical (unpaired) electrons. The highest BCUT2D eigenvalue weighted by Crippen LogP contribution is 2.20. The second-order valence-corrected chi connectivity index (χ2v) is 14.5. The van der Waals surface area contributed by atoms with Gasteiger partial charge in [0.1, 0.15) is 0 Å². The highest BCUT2D eigenvalue weighted by atomic mass is 32.2. The van der Waals surface area contributed by atoms with Gasteiger partial charge in [-0.15, -0.1) is 0 Å². The molecule has 0 heterocycles. The van der Waals surface area contributed by atoms with Gasteiger partial charge in [0.15, 0.2) is 0 Å². The topological polar surface area (TPSA) is 170 Å². The zero-order valence-corrected chi connectivity index (χ0v) is 28.9. The molecule has 1 rings (SSSR count). The lowest BCUT2D eigenvalue weighted by Crippen LogP contribution is -3.17. The van der Waals surface area contributed by atoms with Crippen molar-refractivity contribution in [3.8, 4) is 0 Å². The lowest BCUT2D eigenvalue weighted by molar-refractivity contribution is -0.940. The van der Waals surface area contributed by atoms with E-state index >= 15 is 0 Å². The quantitative estimate of drug-likeness (QED) is 0.155. The summed E-state index contributed by atoms with van der Waals surface area (Å²) in [6.45, 7) is 25.4. The van der Waals surface area contributed by atoms with Crippen LogP contribution < -0.4 is 14.7 Å². The van der Waals surface area contributed by atoms with Crippen molar-refractivity contribution >= 4 is 31.6 Å². The summed E-state index contributed by atoms with van der Waals surface area (Å²) in [4.78, 5) is 15.0. The molecule has 0 aromatic heterocycles. The Bertz CT molecular complexity index is 1000. The second kappa shape index (κ2) is 21.0. The van der Waals surface area contributed by atoms with Crippen molar-refractivity contribution in [2.24, 2.45) is 0 Å². The summed E-state index contributed by atoms with van der Waals surface area (Å²) < 4.78 is 63.9. The van der Waals surface area contributed by atoms with Crippen LogP contribution in [0.3, 0.4) is 0 Å². The minimum atomic E-state index is -4.38. The van der Waals surface area contributed by atoms with Crippen molar-refractivity contribution in [3.05, 3.63) is 34.4 Å². The van der Waals surface area contributed by atoms with Crippen LogP contribution in [0.25, 0.3) is 0 Å². The van der Waals surface area contributed by atoms with Crippen LogP contribution in [0.1, 0.15) is 82.1 Å². The number of quaternary nitrogens is 2. The molecule has 0 fully saturated rings. The van der Waals surface area contributed by atoms with Crippen LogP contribution in [-0.4, -0.2) is 92.7 Å². The maximum Gasteiger partial charge on any atom is 0.269 e. The van der Waals surface area contributed by atoms with Crippen LogP contribution >= 0.6 is 0 Å². The summed E-state index contributed by atoms with van der Waals surface area (Å²) in [6.07, 6.45) is 0.0138. The van der Waals surface area contributed by atoms with Crippen molar-refractivity contribution < 1.29 is 40.7 Å². The average molecular weight is 641 g/mol. The van der Waals surface area contributed by atoms with Crippen LogP contribution in [0.5, 0.6) is 0 Å². The van der Waals surface area contributed by atoms with Crippen LogP contribution in [0.4, 0.5) is 11.4 Å². The van der Waals surface area contributed by atoms with E-state index in [1.54, 1.807) is 14.7 Å². The third-order valence-electron chi connectivity index (χ3n) is 6.85. The maximum absolute atomic E-state index is 10.6. The van der Waals surface area contributed by atoms with Crippen molar-refractivity contribution in [3.63, 3.8) is 0 Å². The van der Waals surface area contributed by atoms with Gasteiger partial charge in [0.2, 0.25) is 0 Å². The molecule has 0 atom stereocenters. The first-order chi connectivity index (χ1) is 19.2. The Morgan fingerprint density at radius 1 is 0.690 bits per heavy atom. The van der Waals surface area contributed by atoms with Crippen molar-refractivity contribution in [1.29, 1.82) is 0 Å². The van der Waals surface area contributed by atoms with E-state index in [9.17, 15) is 36.1 Å². The molecule has 0 amide bonds. The first-order valence-corrected chi connectivity index (χ1v) is 17.9. The lowest BCUT2D eigenvalue weighted by Gasteiger charge is -2.25. The third kappa shape index (κ3) is 20.9. The molecule has 0 aliphatic heterocycles. The maximum atomic E-state index is 10.6. The molecule has 0 spiro atoms. The first-order valence-electron chi connectivity index (χ1n) is 14.7. The van der Waals surface area contributed by atoms with Crippen molar-refractivity contribution in [1.82, 2.24) is 0 Å². The number of nitrogens with zero attached hydrogens (tertiary/aromatic N) is 2. The highest BCUT2D eigenvalue weighted by Gasteiger charge is 2.14. The van der Waals surface area contributed by atoms with Crippen LogP contribution in [0.15, 0.2) is 24.3 Å². The normalized spacial score (nSPS) is 12.0. The summed E-state index contributed by atoms with van der Waals surface area (Å²) in [6, 6.07) is 8.44. The second-order valence-electron chi connectivity index (χ2n) is 11.5. The van der Waals surface area contributed by atoms with Gasteiger partial charge in [0.05, 0.1) is 62.4 Å². The van der Waals surface area contributed by atoms with Crippen molar-refractivity contribution in [2.75, 3.05) is 42.6 Å². The zero-order valence-electron chi connectivity index (χ0n) is 27.3. The number of non-ortho nitro benzene ring substituents is 1. The van der Waals surface area contributed by atoms with Gasteiger partial charge in [-0.3, -0.25) is 10.1 Å². The van der Waals surface area contributed by atoms with E-state index in [-0.39, 0.29) is 31.6 Å². The van der Waals surface area contributed by atoms with Gasteiger partial charge in [-0.1, -0.05) is 0 Å². The number of benzene rings is 1. The van der Waals surface area contributed by atoms with Crippen LogP contribution in [0.2, 0.25) is 0 Å². The smallest absolute Gasteiger partial charge is 0.269 e. The molecular weight excluding hydrogens is 584 g/mol. The minimum absolute atomic E-state index is 0.00689. The van der Waals surface area contributed by atoms with E-state index in [4.69, 9.17) is 0 Å². The van der Waals surface area contributed by atoms with Crippen molar-refractivity contribution in [2.45, 2.75) is 106 Å². The van der Waals surface area contributed by atoms with Gasteiger partial charge < -0.3 is 23.8 Å². The molecule has 1 aromatic rings. The highest BCUT2D eigenvalue weighted by molar-refractivity contribution is 7.85. The molecule has 2 N–H and O–H groups in total. The monoisotopic (exact) mass is 640 g/mol. The number of hydrogen-bond acceptors (Lipinski definition) is 9. The summed E-state index contributed by atoms with van der Waals surface area (Å²) >= 11 is 0. The largest absolute Gasteiger partial charge is 0.748 e. The summed E-state index contributed by atoms with van der Waals surface area (Å²) in [7, 11) is -8.75. The van der Waals surface area contributed by atoms with E-state index in [1.807, 2.05) is 0 Å². The predicted octanol–water partition coefficient (Wildman–Crippen LogP) is 1.69. The van der Waals surface area contributed by atoms with E-state index in [1.165, 1.54) is 37.4 Å². The zero-order chi connectivity index (χ0) is 33.3. The SMILES string of the molecule is CC[NH+](C(C)C)C(C)C.CC[NH+](C(C)C)C(C)C.O=[N+]([O-])c1ccc(N(CCCS(=O)(=O)[O-])CCCS(=O)(=O)[O-])cc1. The number of hydrogen-bond donors (Lipinski definition) is 2. The average Bonchev–Trinajstić information content (AvgIpc) is 2.82. The standard InChI is InChI=1S/C12H18N2O8S2.2C8H19N/c15-14(16)12-5-3-11(4-6-12)13(7-1-9-23(17,18)19)8-2-10-24(20,21)22;2*1-6-9(7(2)3)8(4)5/h3-6H,1-2,7-10H2,(H,17,18,19)(H,20,21,22);2*7-8H,6H2,1-5H3. The number of nitrogens with one attached hydrogen (secondary N) is 2. The molecule has 1 aromatic carbocycles. The van der Waals surface area contributed by atoms with Gasteiger partial charge >= 0.3 is 0 Å². The van der Waals surface area contributed by atoms with Gasteiger partial charge in [-0.05, 0) is 94.2 Å². The molecule has 42 heavy (non-hydrogen) atoms. The summed E-state index contributed by atoms with van der Waals surface area (Å²) in [5.74, 6) is -1.17. The summed E-state index contributed by atoms with van der Waals surface area (Å²) in [5.41, 5.74) is 0.357. The van der Waals surface area contributed by atoms with E-state index in [0.717, 1.165) is 24.2 Å². The molecule has 0 saturated heterocycles. The Morgan fingerprint density at radius 3 is 1.19 bits per heavy atom. The van der Waals surface area contributed by atoms with E-state index in [2.05, 4.69) is 69.2 Å². The van der Waals surface area contributed by atoms with Gasteiger partial charge in [-0.2, -0.15) is 0 Å². The minimum Gasteiger partial charge on any atom is -0.748 e. The molecule has 0 aliphatic carbocycles. The lowest BCUT2D eigenvalue weighted by atomic mass is 10.2. The van der Waals surface area contributed by atoms with E-state index in [0.29, 0.717) is 5.69 Å². The fourth-order valence-corrected chi connectivity index (χ4v) is 5.95. The van der Waals surface area contributed by atoms with Gasteiger partial charge in [0, 0.05) is 42.4 Å². The molecule has 0 aliphatic rings. The Balaban J connectivity index is 0. The Kier molecular flexibility index (Phi) is 21.1.